The Labute approximate surface area is 132 Å². The number of hydrogen-bond donors (Lipinski definition) is 0. The van der Waals surface area contributed by atoms with Gasteiger partial charge in [0.2, 0.25) is 15.9 Å². The first-order chi connectivity index (χ1) is 9.86. The Morgan fingerprint density at radius 2 is 1.86 bits per heavy atom. The molecule has 0 unspecified atom stereocenters. The third-order valence-electron chi connectivity index (χ3n) is 3.45. The summed E-state index contributed by atoms with van der Waals surface area (Å²) in [5.41, 5.74) is 0. The first kappa shape index (κ1) is 16.3. The van der Waals surface area contributed by atoms with Gasteiger partial charge in [-0.15, -0.1) is 0 Å². The third-order valence-corrected chi connectivity index (χ3v) is 5.96. The highest BCUT2D eigenvalue weighted by Crippen LogP contribution is 2.29. The zero-order valence-corrected chi connectivity index (χ0v) is 14.3. The van der Waals surface area contributed by atoms with E-state index in [0.29, 0.717) is 36.4 Å². The summed E-state index contributed by atoms with van der Waals surface area (Å²) in [6, 6.07) is 4.67. The van der Waals surface area contributed by atoms with E-state index in [9.17, 15) is 13.2 Å². The van der Waals surface area contributed by atoms with Gasteiger partial charge in [0.05, 0.1) is 16.5 Å². The summed E-state index contributed by atoms with van der Waals surface area (Å²) in [7, 11) is -2.03. The number of piperazine rings is 1. The molecule has 0 aromatic heterocycles. The number of sulfonamides is 1. The zero-order valence-electron chi connectivity index (χ0n) is 11.9. The number of rotatable bonds is 3. The van der Waals surface area contributed by atoms with E-state index in [1.54, 1.807) is 11.0 Å². The van der Waals surface area contributed by atoms with E-state index in [1.807, 2.05) is 0 Å². The van der Waals surface area contributed by atoms with Crippen molar-refractivity contribution in [3.05, 3.63) is 22.7 Å². The van der Waals surface area contributed by atoms with Crippen molar-refractivity contribution < 1.29 is 17.9 Å². The van der Waals surface area contributed by atoms with Crippen molar-refractivity contribution in [1.82, 2.24) is 9.21 Å². The van der Waals surface area contributed by atoms with Crippen LogP contribution in [0.15, 0.2) is 27.6 Å². The van der Waals surface area contributed by atoms with Crippen LogP contribution in [0.2, 0.25) is 0 Å². The minimum Gasteiger partial charge on any atom is -0.496 e. The minimum atomic E-state index is -3.55. The van der Waals surface area contributed by atoms with E-state index < -0.39 is 10.0 Å². The number of ether oxygens (including phenoxy) is 1. The highest BCUT2D eigenvalue weighted by atomic mass is 79.9. The largest absolute Gasteiger partial charge is 0.496 e. The topological polar surface area (TPSA) is 66.9 Å². The molecule has 0 atom stereocenters. The molecule has 1 aliphatic heterocycles. The van der Waals surface area contributed by atoms with Crippen LogP contribution >= 0.6 is 15.9 Å². The summed E-state index contributed by atoms with van der Waals surface area (Å²) in [4.78, 5) is 13.1. The molecule has 0 N–H and O–H groups in total. The van der Waals surface area contributed by atoms with E-state index in [4.69, 9.17) is 4.74 Å². The lowest BCUT2D eigenvalue weighted by molar-refractivity contribution is -0.129. The van der Waals surface area contributed by atoms with Gasteiger partial charge in [-0.3, -0.25) is 4.79 Å². The van der Waals surface area contributed by atoms with E-state index in [-0.39, 0.29) is 10.8 Å². The fraction of sp³-hybridized carbons (Fsp3) is 0.462. The Morgan fingerprint density at radius 1 is 1.24 bits per heavy atom. The van der Waals surface area contributed by atoms with Crippen LogP contribution in [0.3, 0.4) is 0 Å². The van der Waals surface area contributed by atoms with Crippen molar-refractivity contribution in [2.45, 2.75) is 11.8 Å². The van der Waals surface area contributed by atoms with Crippen molar-refractivity contribution in [1.29, 1.82) is 0 Å². The first-order valence-corrected chi connectivity index (χ1v) is 8.69. The molecule has 8 heteroatoms. The molecule has 0 bridgehead atoms. The van der Waals surface area contributed by atoms with Crippen molar-refractivity contribution in [2.24, 2.45) is 0 Å². The monoisotopic (exact) mass is 376 g/mol. The Balaban J connectivity index is 2.19. The summed E-state index contributed by atoms with van der Waals surface area (Å²) >= 11 is 3.29. The average molecular weight is 377 g/mol. The van der Waals surface area contributed by atoms with Gasteiger partial charge in [0, 0.05) is 33.1 Å². The minimum absolute atomic E-state index is 0.0285. The maximum atomic E-state index is 12.6. The summed E-state index contributed by atoms with van der Waals surface area (Å²) in [6.07, 6.45) is 0. The van der Waals surface area contributed by atoms with Gasteiger partial charge >= 0.3 is 0 Å². The van der Waals surface area contributed by atoms with Crippen LogP contribution in [0.1, 0.15) is 6.92 Å². The molecule has 0 aliphatic carbocycles. The fourth-order valence-electron chi connectivity index (χ4n) is 2.20. The molecule has 1 aromatic carbocycles. The van der Waals surface area contributed by atoms with Gasteiger partial charge in [0.25, 0.3) is 0 Å². The molecule has 1 aliphatic rings. The van der Waals surface area contributed by atoms with Crippen LogP contribution in [0, 0.1) is 0 Å². The predicted molar refractivity (Wildman–Crippen MR) is 81.7 cm³/mol. The second-order valence-corrected chi connectivity index (χ2v) is 7.50. The number of nitrogens with zero attached hydrogens (tertiary/aromatic N) is 2. The molecule has 1 aromatic rings. The summed E-state index contributed by atoms with van der Waals surface area (Å²) < 4.78 is 32.2. The number of halogens is 1. The number of methoxy groups -OCH3 is 1. The number of amides is 1. The summed E-state index contributed by atoms with van der Waals surface area (Å²) in [5, 5.41) is 0. The molecule has 21 heavy (non-hydrogen) atoms. The van der Waals surface area contributed by atoms with Gasteiger partial charge in [-0.1, -0.05) is 0 Å². The zero-order chi connectivity index (χ0) is 15.6. The first-order valence-electron chi connectivity index (χ1n) is 6.45. The highest BCUT2D eigenvalue weighted by Gasteiger charge is 2.29. The molecule has 0 saturated carbocycles. The maximum Gasteiger partial charge on any atom is 0.243 e. The van der Waals surface area contributed by atoms with Crippen LogP contribution < -0.4 is 4.74 Å². The second-order valence-electron chi connectivity index (χ2n) is 4.71. The molecule has 0 spiro atoms. The molecule has 6 nitrogen and oxygen atoms in total. The number of carbonyl (C=O) groups excluding carboxylic acids is 1. The van der Waals surface area contributed by atoms with E-state index in [2.05, 4.69) is 15.9 Å². The van der Waals surface area contributed by atoms with Crippen LogP contribution in [-0.2, 0) is 14.8 Å². The lowest BCUT2D eigenvalue weighted by Crippen LogP contribution is -2.49. The summed E-state index contributed by atoms with van der Waals surface area (Å²) in [5.74, 6) is 0.551. The van der Waals surface area contributed by atoms with Gasteiger partial charge in [-0.25, -0.2) is 8.42 Å². The normalized spacial score (nSPS) is 16.8. The van der Waals surface area contributed by atoms with Crippen LogP contribution in [0.5, 0.6) is 5.75 Å². The molecule has 1 saturated heterocycles. The predicted octanol–water partition coefficient (Wildman–Crippen LogP) is 1.31. The third kappa shape index (κ3) is 3.38. The Bertz CT molecular complexity index is 640. The molecular formula is C13H17BrN2O4S. The number of benzene rings is 1. The van der Waals surface area contributed by atoms with E-state index in [0.717, 1.165) is 0 Å². The van der Waals surface area contributed by atoms with E-state index >= 15 is 0 Å². The van der Waals surface area contributed by atoms with Gasteiger partial charge < -0.3 is 9.64 Å². The van der Waals surface area contributed by atoms with Gasteiger partial charge in [-0.05, 0) is 34.1 Å². The average Bonchev–Trinajstić information content (AvgIpc) is 2.47. The molecule has 2 rings (SSSR count). The van der Waals surface area contributed by atoms with Crippen LogP contribution in [0.25, 0.3) is 0 Å². The SMILES string of the molecule is COc1ccc(S(=O)(=O)N2CCN(C(C)=O)CC2)cc1Br. The maximum absolute atomic E-state index is 12.6. The van der Waals surface area contributed by atoms with Gasteiger partial charge in [-0.2, -0.15) is 4.31 Å². The quantitative estimate of drug-likeness (QED) is 0.797. The molecule has 116 valence electrons. The highest BCUT2D eigenvalue weighted by molar-refractivity contribution is 9.10. The number of carbonyl (C=O) groups is 1. The summed E-state index contributed by atoms with van der Waals surface area (Å²) in [6.45, 7) is 2.96. The molecule has 1 heterocycles. The van der Waals surface area contributed by atoms with Crippen LogP contribution in [-0.4, -0.2) is 56.8 Å². The van der Waals surface area contributed by atoms with E-state index in [1.165, 1.54) is 30.5 Å². The molecule has 0 radical (unpaired) electrons. The van der Waals surface area contributed by atoms with Crippen molar-refractivity contribution >= 4 is 31.9 Å². The van der Waals surface area contributed by atoms with Crippen LogP contribution in [0.4, 0.5) is 0 Å². The standard InChI is InChI=1S/C13H17BrN2O4S/c1-10(17)15-5-7-16(8-6-15)21(18,19)11-3-4-13(20-2)12(14)9-11/h3-4,9H,5-8H2,1-2H3. The second kappa shape index (κ2) is 6.33. The van der Waals surface area contributed by atoms with Crippen molar-refractivity contribution in [3.8, 4) is 5.75 Å². The Hall–Kier alpha value is -1.12. The Morgan fingerprint density at radius 3 is 2.33 bits per heavy atom. The van der Waals surface area contributed by atoms with Crippen molar-refractivity contribution in [3.63, 3.8) is 0 Å². The smallest absolute Gasteiger partial charge is 0.243 e. The lowest BCUT2D eigenvalue weighted by Gasteiger charge is -2.33. The van der Waals surface area contributed by atoms with Gasteiger partial charge in [0.15, 0.2) is 0 Å². The Kier molecular flexibility index (Phi) is 4.90. The van der Waals surface area contributed by atoms with Crippen molar-refractivity contribution in [2.75, 3.05) is 33.3 Å². The fourth-order valence-corrected chi connectivity index (χ4v) is 4.34. The molecule has 1 fully saturated rings. The van der Waals surface area contributed by atoms with Gasteiger partial charge in [0.1, 0.15) is 5.75 Å². The number of hydrogen-bond acceptors (Lipinski definition) is 4. The molecule has 1 amide bonds. The lowest BCUT2D eigenvalue weighted by atomic mass is 10.3. The molecular weight excluding hydrogens is 360 g/mol.